The molecule has 1 aliphatic rings. The maximum atomic E-state index is 10.8. The molecule has 0 saturated carbocycles. The zero-order chi connectivity index (χ0) is 12.4. The maximum Gasteiger partial charge on any atom is 0.335 e. The van der Waals surface area contributed by atoms with E-state index in [1.807, 2.05) is 13.1 Å². The summed E-state index contributed by atoms with van der Waals surface area (Å²) in [5, 5.41) is 8.90. The number of rotatable bonds is 3. The van der Waals surface area contributed by atoms with Crippen LogP contribution in [0.5, 0.6) is 0 Å². The van der Waals surface area contributed by atoms with Crippen LogP contribution in [-0.4, -0.2) is 37.4 Å². The van der Waals surface area contributed by atoms with Crippen LogP contribution in [0.1, 0.15) is 16.8 Å². The minimum absolute atomic E-state index is 0.289. The Balaban J connectivity index is 2.23. The van der Waals surface area contributed by atoms with E-state index in [0.717, 1.165) is 29.8 Å². The fourth-order valence-corrected chi connectivity index (χ4v) is 2.61. The van der Waals surface area contributed by atoms with Gasteiger partial charge in [0, 0.05) is 18.1 Å². The molecular formula is C12H14BrNO3. The van der Waals surface area contributed by atoms with Gasteiger partial charge in [0.1, 0.15) is 0 Å². The van der Waals surface area contributed by atoms with Gasteiger partial charge in [-0.2, -0.15) is 0 Å². The summed E-state index contributed by atoms with van der Waals surface area (Å²) in [6.07, 6.45) is 1.00. The number of benzene rings is 1. The Kier molecular flexibility index (Phi) is 3.69. The molecule has 92 valence electrons. The first kappa shape index (κ1) is 12.4. The molecule has 0 spiro atoms. The van der Waals surface area contributed by atoms with E-state index in [4.69, 9.17) is 9.84 Å². The standard InChI is InChI=1S/C12H14BrNO3/c1-14(9-4-5-17-7-9)11-3-2-8(12(15)16)6-10(11)13/h2-3,6,9H,4-5,7H2,1H3,(H,15,16). The summed E-state index contributed by atoms with van der Waals surface area (Å²) >= 11 is 3.42. The van der Waals surface area contributed by atoms with E-state index in [9.17, 15) is 4.79 Å². The first-order valence-electron chi connectivity index (χ1n) is 5.43. The molecule has 2 rings (SSSR count). The second kappa shape index (κ2) is 5.06. The van der Waals surface area contributed by atoms with Crippen LogP contribution in [0.3, 0.4) is 0 Å². The molecule has 1 aromatic rings. The Labute approximate surface area is 108 Å². The van der Waals surface area contributed by atoms with E-state index in [1.165, 1.54) is 0 Å². The first-order chi connectivity index (χ1) is 8.09. The lowest BCUT2D eigenvalue weighted by molar-refractivity contribution is 0.0697. The number of aromatic carboxylic acids is 1. The highest BCUT2D eigenvalue weighted by molar-refractivity contribution is 9.10. The minimum atomic E-state index is -0.913. The SMILES string of the molecule is CN(c1ccc(C(=O)O)cc1Br)C1CCOC1. The first-order valence-corrected chi connectivity index (χ1v) is 6.22. The molecule has 0 bridgehead atoms. The van der Waals surface area contributed by atoms with E-state index < -0.39 is 5.97 Å². The second-order valence-electron chi connectivity index (χ2n) is 4.10. The Hall–Kier alpha value is -1.07. The zero-order valence-corrected chi connectivity index (χ0v) is 11.1. The molecule has 1 fully saturated rings. The lowest BCUT2D eigenvalue weighted by Gasteiger charge is -2.26. The Morgan fingerprint density at radius 3 is 2.88 bits per heavy atom. The highest BCUT2D eigenvalue weighted by atomic mass is 79.9. The molecular weight excluding hydrogens is 286 g/mol. The van der Waals surface area contributed by atoms with Gasteiger partial charge in [-0.3, -0.25) is 0 Å². The predicted molar refractivity (Wildman–Crippen MR) is 68.7 cm³/mol. The number of nitrogens with zero attached hydrogens (tertiary/aromatic N) is 1. The van der Waals surface area contributed by atoms with Crippen LogP contribution in [0.4, 0.5) is 5.69 Å². The van der Waals surface area contributed by atoms with Crippen molar-refractivity contribution in [3.8, 4) is 0 Å². The van der Waals surface area contributed by atoms with E-state index in [-0.39, 0.29) is 5.56 Å². The fraction of sp³-hybridized carbons (Fsp3) is 0.417. The molecule has 1 unspecified atom stereocenters. The number of ether oxygens (including phenoxy) is 1. The molecule has 4 nitrogen and oxygen atoms in total. The summed E-state index contributed by atoms with van der Waals surface area (Å²) in [6, 6.07) is 5.44. The quantitative estimate of drug-likeness (QED) is 0.931. The van der Waals surface area contributed by atoms with Crippen molar-refractivity contribution >= 4 is 27.6 Å². The largest absolute Gasteiger partial charge is 0.478 e. The van der Waals surface area contributed by atoms with E-state index in [0.29, 0.717) is 6.04 Å². The molecule has 5 heteroatoms. The van der Waals surface area contributed by atoms with Crippen molar-refractivity contribution in [3.63, 3.8) is 0 Å². The van der Waals surface area contributed by atoms with Gasteiger partial charge in [-0.25, -0.2) is 4.79 Å². The fourth-order valence-electron chi connectivity index (χ4n) is 1.95. The van der Waals surface area contributed by atoms with Gasteiger partial charge in [-0.15, -0.1) is 0 Å². The summed E-state index contributed by atoms with van der Waals surface area (Å²) in [5.74, 6) is -0.913. The van der Waals surface area contributed by atoms with Crippen molar-refractivity contribution in [3.05, 3.63) is 28.2 Å². The van der Waals surface area contributed by atoms with Gasteiger partial charge in [0.05, 0.1) is 23.9 Å². The molecule has 1 saturated heterocycles. The lowest BCUT2D eigenvalue weighted by Crippen LogP contribution is -2.32. The Morgan fingerprint density at radius 2 is 2.35 bits per heavy atom. The molecule has 1 heterocycles. The average Bonchev–Trinajstić information content (AvgIpc) is 2.81. The van der Waals surface area contributed by atoms with Crippen molar-refractivity contribution in [2.24, 2.45) is 0 Å². The maximum absolute atomic E-state index is 10.8. The number of carboxylic acids is 1. The molecule has 0 aromatic heterocycles. The third kappa shape index (κ3) is 2.61. The summed E-state index contributed by atoms with van der Waals surface area (Å²) < 4.78 is 6.15. The van der Waals surface area contributed by atoms with Crippen molar-refractivity contribution in [2.45, 2.75) is 12.5 Å². The van der Waals surface area contributed by atoms with Crippen molar-refractivity contribution in [2.75, 3.05) is 25.2 Å². The normalized spacial score (nSPS) is 19.3. The van der Waals surface area contributed by atoms with Gasteiger partial charge in [0.15, 0.2) is 0 Å². The van der Waals surface area contributed by atoms with Crippen LogP contribution in [0.2, 0.25) is 0 Å². The van der Waals surface area contributed by atoms with Gasteiger partial charge in [-0.05, 0) is 40.5 Å². The van der Waals surface area contributed by atoms with Crippen LogP contribution >= 0.6 is 15.9 Å². The number of halogens is 1. The topological polar surface area (TPSA) is 49.8 Å². The second-order valence-corrected chi connectivity index (χ2v) is 4.95. The van der Waals surface area contributed by atoms with Crippen molar-refractivity contribution in [1.82, 2.24) is 0 Å². The molecule has 1 N–H and O–H groups in total. The number of carbonyl (C=O) groups is 1. The van der Waals surface area contributed by atoms with Crippen LogP contribution in [0.15, 0.2) is 22.7 Å². The Bertz CT molecular complexity index is 430. The third-order valence-corrected chi connectivity index (χ3v) is 3.66. The van der Waals surface area contributed by atoms with Gasteiger partial charge in [-0.1, -0.05) is 0 Å². The van der Waals surface area contributed by atoms with Crippen LogP contribution in [0.25, 0.3) is 0 Å². The highest BCUT2D eigenvalue weighted by Crippen LogP contribution is 2.29. The number of carboxylic acid groups (broad SMARTS) is 1. The lowest BCUT2D eigenvalue weighted by atomic mass is 10.1. The van der Waals surface area contributed by atoms with Gasteiger partial charge in [0.25, 0.3) is 0 Å². The number of hydrogen-bond acceptors (Lipinski definition) is 3. The van der Waals surface area contributed by atoms with Gasteiger partial charge >= 0.3 is 5.97 Å². The van der Waals surface area contributed by atoms with Gasteiger partial charge in [0.2, 0.25) is 0 Å². The van der Waals surface area contributed by atoms with E-state index >= 15 is 0 Å². The third-order valence-electron chi connectivity index (χ3n) is 3.03. The number of hydrogen-bond donors (Lipinski definition) is 1. The van der Waals surface area contributed by atoms with Crippen molar-refractivity contribution < 1.29 is 14.6 Å². The Morgan fingerprint density at radius 1 is 1.59 bits per heavy atom. The summed E-state index contributed by atoms with van der Waals surface area (Å²) in [7, 11) is 2.00. The number of likely N-dealkylation sites (N-methyl/N-ethyl adjacent to an activating group) is 1. The predicted octanol–water partition coefficient (Wildman–Crippen LogP) is 2.37. The highest BCUT2D eigenvalue weighted by Gasteiger charge is 2.22. The van der Waals surface area contributed by atoms with Crippen molar-refractivity contribution in [1.29, 1.82) is 0 Å². The molecule has 1 aliphatic heterocycles. The zero-order valence-electron chi connectivity index (χ0n) is 9.52. The van der Waals surface area contributed by atoms with Gasteiger partial charge < -0.3 is 14.7 Å². The number of anilines is 1. The smallest absolute Gasteiger partial charge is 0.335 e. The van der Waals surface area contributed by atoms with Crippen LogP contribution in [0, 0.1) is 0 Å². The minimum Gasteiger partial charge on any atom is -0.478 e. The molecule has 0 aliphatic carbocycles. The summed E-state index contributed by atoms with van der Waals surface area (Å²) in [5.41, 5.74) is 1.28. The van der Waals surface area contributed by atoms with E-state index in [1.54, 1.807) is 12.1 Å². The summed E-state index contributed by atoms with van der Waals surface area (Å²) in [6.45, 7) is 1.52. The molecule has 1 atom stereocenters. The van der Waals surface area contributed by atoms with Crippen LogP contribution in [-0.2, 0) is 4.74 Å². The summed E-state index contributed by atoms with van der Waals surface area (Å²) in [4.78, 5) is 13.0. The molecule has 0 radical (unpaired) electrons. The van der Waals surface area contributed by atoms with E-state index in [2.05, 4.69) is 20.8 Å². The monoisotopic (exact) mass is 299 g/mol. The average molecular weight is 300 g/mol. The molecule has 17 heavy (non-hydrogen) atoms. The molecule has 1 aromatic carbocycles. The van der Waals surface area contributed by atoms with Crippen LogP contribution < -0.4 is 4.90 Å². The molecule has 0 amide bonds.